The number of rotatable bonds is 2. The van der Waals surface area contributed by atoms with E-state index in [1.54, 1.807) is 6.20 Å². The van der Waals surface area contributed by atoms with Gasteiger partial charge >= 0.3 is 0 Å². The predicted octanol–water partition coefficient (Wildman–Crippen LogP) is 2.56. The van der Waals surface area contributed by atoms with Gasteiger partial charge in [-0.05, 0) is 25.0 Å². The molecule has 0 saturated heterocycles. The Balaban J connectivity index is 1.96. The SMILES string of the molecule is Nc1nc(-c2ccccn2)nc(C2CCCCC2)n1. The second-order valence-electron chi connectivity index (χ2n) is 4.93. The third-order valence-corrected chi connectivity index (χ3v) is 3.53. The number of hydrogen-bond acceptors (Lipinski definition) is 5. The molecule has 2 heterocycles. The lowest BCUT2D eigenvalue weighted by molar-refractivity contribution is 0.428. The van der Waals surface area contributed by atoms with Crippen molar-refractivity contribution in [3.8, 4) is 11.5 Å². The first kappa shape index (κ1) is 12.0. The molecule has 0 spiro atoms. The molecule has 1 saturated carbocycles. The van der Waals surface area contributed by atoms with Crippen molar-refractivity contribution in [2.45, 2.75) is 38.0 Å². The molecule has 1 fully saturated rings. The number of nitrogens with two attached hydrogens (primary N) is 1. The van der Waals surface area contributed by atoms with E-state index >= 15 is 0 Å². The molecule has 2 aromatic heterocycles. The van der Waals surface area contributed by atoms with Gasteiger partial charge in [-0.2, -0.15) is 9.97 Å². The lowest BCUT2D eigenvalue weighted by Gasteiger charge is -2.20. The second-order valence-corrected chi connectivity index (χ2v) is 4.93. The predicted molar refractivity (Wildman–Crippen MR) is 73.3 cm³/mol. The fourth-order valence-corrected chi connectivity index (χ4v) is 2.56. The summed E-state index contributed by atoms with van der Waals surface area (Å²) in [5, 5.41) is 0. The fraction of sp³-hybridized carbons (Fsp3) is 0.429. The van der Waals surface area contributed by atoms with Crippen LogP contribution < -0.4 is 5.73 Å². The van der Waals surface area contributed by atoms with Crippen LogP contribution in [0.5, 0.6) is 0 Å². The lowest BCUT2D eigenvalue weighted by Crippen LogP contribution is -2.12. The van der Waals surface area contributed by atoms with Gasteiger partial charge in [-0.3, -0.25) is 4.98 Å². The highest BCUT2D eigenvalue weighted by molar-refractivity contribution is 5.49. The van der Waals surface area contributed by atoms with Crippen molar-refractivity contribution in [3.05, 3.63) is 30.2 Å². The van der Waals surface area contributed by atoms with Crippen LogP contribution in [-0.4, -0.2) is 19.9 Å². The van der Waals surface area contributed by atoms with Crippen molar-refractivity contribution < 1.29 is 0 Å². The molecule has 1 aliphatic carbocycles. The summed E-state index contributed by atoms with van der Waals surface area (Å²) in [7, 11) is 0. The summed E-state index contributed by atoms with van der Waals surface area (Å²) < 4.78 is 0. The third-order valence-electron chi connectivity index (χ3n) is 3.53. The average molecular weight is 255 g/mol. The normalized spacial score (nSPS) is 16.4. The zero-order valence-electron chi connectivity index (χ0n) is 10.8. The molecule has 0 aromatic carbocycles. The molecule has 0 unspecified atom stereocenters. The number of pyridine rings is 1. The first-order valence-corrected chi connectivity index (χ1v) is 6.76. The summed E-state index contributed by atoms with van der Waals surface area (Å²) in [5.74, 6) is 2.11. The van der Waals surface area contributed by atoms with Gasteiger partial charge in [0.05, 0.1) is 0 Å². The van der Waals surface area contributed by atoms with E-state index in [0.717, 1.165) is 24.4 Å². The Labute approximate surface area is 112 Å². The molecule has 0 atom stereocenters. The highest BCUT2D eigenvalue weighted by Crippen LogP contribution is 2.31. The smallest absolute Gasteiger partial charge is 0.223 e. The van der Waals surface area contributed by atoms with Crippen LogP contribution in [0.15, 0.2) is 24.4 Å². The molecule has 3 rings (SSSR count). The molecule has 0 radical (unpaired) electrons. The van der Waals surface area contributed by atoms with Crippen LogP contribution in [0.2, 0.25) is 0 Å². The van der Waals surface area contributed by atoms with Gasteiger partial charge in [0.1, 0.15) is 11.5 Å². The summed E-state index contributed by atoms with van der Waals surface area (Å²) >= 11 is 0. The van der Waals surface area contributed by atoms with E-state index in [4.69, 9.17) is 5.73 Å². The van der Waals surface area contributed by atoms with E-state index in [-0.39, 0.29) is 5.95 Å². The number of nitrogen functional groups attached to an aromatic ring is 1. The van der Waals surface area contributed by atoms with Gasteiger partial charge in [0.25, 0.3) is 0 Å². The minimum Gasteiger partial charge on any atom is -0.368 e. The maximum atomic E-state index is 5.81. The number of aromatic nitrogens is 4. The van der Waals surface area contributed by atoms with Crippen LogP contribution in [-0.2, 0) is 0 Å². The maximum Gasteiger partial charge on any atom is 0.223 e. The van der Waals surface area contributed by atoms with E-state index in [1.807, 2.05) is 18.2 Å². The van der Waals surface area contributed by atoms with Gasteiger partial charge in [-0.1, -0.05) is 25.3 Å². The molecule has 0 amide bonds. The van der Waals surface area contributed by atoms with Crippen LogP contribution in [0.4, 0.5) is 5.95 Å². The van der Waals surface area contributed by atoms with Gasteiger partial charge in [-0.15, -0.1) is 0 Å². The highest BCUT2D eigenvalue weighted by atomic mass is 15.1. The van der Waals surface area contributed by atoms with Crippen molar-refractivity contribution in [3.63, 3.8) is 0 Å². The standard InChI is InChI=1S/C14H17N5/c15-14-18-12(10-6-2-1-3-7-10)17-13(19-14)11-8-4-5-9-16-11/h4-5,8-10H,1-3,6-7H2,(H2,15,17,18,19). The molecule has 5 heteroatoms. The van der Waals surface area contributed by atoms with Crippen LogP contribution in [0.1, 0.15) is 43.8 Å². The zero-order chi connectivity index (χ0) is 13.1. The van der Waals surface area contributed by atoms with Crippen LogP contribution in [0.25, 0.3) is 11.5 Å². The van der Waals surface area contributed by atoms with Gasteiger partial charge in [0.15, 0.2) is 5.82 Å². The minimum absolute atomic E-state index is 0.288. The Morgan fingerprint density at radius 2 is 1.84 bits per heavy atom. The van der Waals surface area contributed by atoms with Crippen molar-refractivity contribution in [2.24, 2.45) is 0 Å². The zero-order valence-corrected chi connectivity index (χ0v) is 10.8. The molecular formula is C14H17N5. The molecule has 0 bridgehead atoms. The van der Waals surface area contributed by atoms with E-state index in [0.29, 0.717) is 11.7 Å². The summed E-state index contributed by atoms with van der Waals surface area (Å²) in [6, 6.07) is 5.68. The van der Waals surface area contributed by atoms with Crippen LogP contribution in [0, 0.1) is 0 Å². The summed E-state index contributed by atoms with van der Waals surface area (Å²) in [6.45, 7) is 0. The van der Waals surface area contributed by atoms with Gasteiger partial charge in [0.2, 0.25) is 5.95 Å². The summed E-state index contributed by atoms with van der Waals surface area (Å²) in [5.41, 5.74) is 6.56. The number of anilines is 1. The Kier molecular flexibility index (Phi) is 3.35. The van der Waals surface area contributed by atoms with Crippen molar-refractivity contribution in [2.75, 3.05) is 5.73 Å². The molecule has 0 aliphatic heterocycles. The van der Waals surface area contributed by atoms with Crippen molar-refractivity contribution >= 4 is 5.95 Å². The first-order chi connectivity index (χ1) is 9.33. The Bertz CT molecular complexity index is 549. The highest BCUT2D eigenvalue weighted by Gasteiger charge is 2.20. The van der Waals surface area contributed by atoms with E-state index in [2.05, 4.69) is 19.9 Å². The summed E-state index contributed by atoms with van der Waals surface area (Å²) in [6.07, 6.45) is 7.82. The maximum absolute atomic E-state index is 5.81. The Hall–Kier alpha value is -2.04. The third kappa shape index (κ3) is 2.70. The molecule has 2 aromatic rings. The second kappa shape index (κ2) is 5.30. The monoisotopic (exact) mass is 255 g/mol. The molecule has 19 heavy (non-hydrogen) atoms. The summed E-state index contributed by atoms with van der Waals surface area (Å²) in [4.78, 5) is 17.3. The largest absolute Gasteiger partial charge is 0.368 e. The molecule has 1 aliphatic rings. The Morgan fingerprint density at radius 1 is 1.00 bits per heavy atom. The van der Waals surface area contributed by atoms with Crippen molar-refractivity contribution in [1.82, 2.24) is 19.9 Å². The minimum atomic E-state index is 0.288. The Morgan fingerprint density at radius 3 is 2.58 bits per heavy atom. The van der Waals surface area contributed by atoms with Crippen LogP contribution in [0.3, 0.4) is 0 Å². The van der Waals surface area contributed by atoms with E-state index in [9.17, 15) is 0 Å². The number of hydrogen-bond donors (Lipinski definition) is 1. The van der Waals surface area contributed by atoms with Gasteiger partial charge < -0.3 is 5.73 Å². The topological polar surface area (TPSA) is 77.6 Å². The lowest BCUT2D eigenvalue weighted by atomic mass is 9.89. The van der Waals surface area contributed by atoms with E-state index in [1.165, 1.54) is 19.3 Å². The van der Waals surface area contributed by atoms with Crippen molar-refractivity contribution in [1.29, 1.82) is 0 Å². The fourth-order valence-electron chi connectivity index (χ4n) is 2.56. The average Bonchev–Trinajstić information content (AvgIpc) is 2.48. The quantitative estimate of drug-likeness (QED) is 0.892. The van der Waals surface area contributed by atoms with Gasteiger partial charge in [-0.25, -0.2) is 4.98 Å². The van der Waals surface area contributed by atoms with E-state index < -0.39 is 0 Å². The number of nitrogens with zero attached hydrogens (tertiary/aromatic N) is 4. The molecular weight excluding hydrogens is 238 g/mol. The molecule has 98 valence electrons. The van der Waals surface area contributed by atoms with Gasteiger partial charge in [0, 0.05) is 12.1 Å². The molecule has 2 N–H and O–H groups in total. The molecule has 5 nitrogen and oxygen atoms in total. The first-order valence-electron chi connectivity index (χ1n) is 6.76. The van der Waals surface area contributed by atoms with Crippen LogP contribution >= 0.6 is 0 Å².